The topological polar surface area (TPSA) is 63.2 Å². The van der Waals surface area contributed by atoms with Gasteiger partial charge >= 0.3 is 0 Å². The number of allylic oxidation sites excluding steroid dienone is 3. The van der Waals surface area contributed by atoms with Gasteiger partial charge in [0.25, 0.3) is 0 Å². The smallest absolute Gasteiger partial charge is 0.229 e. The molecule has 0 aromatic heterocycles. The van der Waals surface area contributed by atoms with Crippen molar-refractivity contribution in [2.75, 3.05) is 11.0 Å². The first-order chi connectivity index (χ1) is 10.9. The zero-order chi connectivity index (χ0) is 16.7. The van der Waals surface area contributed by atoms with Gasteiger partial charge in [-0.15, -0.1) is 0 Å². The molecule has 0 unspecified atom stereocenters. The molecule has 1 N–H and O–H groups in total. The number of rotatable bonds is 6. The van der Waals surface area contributed by atoms with Crippen LogP contribution in [0.4, 0.5) is 5.69 Å². The largest absolute Gasteiger partial charge is 0.289 e. The first kappa shape index (κ1) is 16.7. The maximum atomic E-state index is 12.0. The fraction of sp³-hybridized carbons (Fsp3) is 0.0556. The van der Waals surface area contributed by atoms with Gasteiger partial charge in [0.15, 0.2) is 5.78 Å². The van der Waals surface area contributed by atoms with Crippen molar-refractivity contribution < 1.29 is 13.2 Å². The Kier molecular flexibility index (Phi) is 5.49. The summed E-state index contributed by atoms with van der Waals surface area (Å²) in [5.41, 5.74) is 1.98. The Bertz CT molecular complexity index is 820. The second kappa shape index (κ2) is 7.56. The quantitative estimate of drug-likeness (QED) is 0.502. The SMILES string of the molecule is CS(=O)(=O)Nc1ccc(C(=O)/C=C/C=C/c2ccccc2)cc1. The highest BCUT2D eigenvalue weighted by atomic mass is 32.2. The molecule has 2 rings (SSSR count). The van der Waals surface area contributed by atoms with Crippen LogP contribution in [0.5, 0.6) is 0 Å². The van der Waals surface area contributed by atoms with Crippen LogP contribution in [-0.2, 0) is 10.0 Å². The Balaban J connectivity index is 1.98. The predicted molar refractivity (Wildman–Crippen MR) is 93.9 cm³/mol. The summed E-state index contributed by atoms with van der Waals surface area (Å²) in [7, 11) is -3.31. The van der Waals surface area contributed by atoms with E-state index in [1.54, 1.807) is 36.4 Å². The van der Waals surface area contributed by atoms with Gasteiger partial charge in [0.05, 0.1) is 6.26 Å². The van der Waals surface area contributed by atoms with Gasteiger partial charge in [-0.25, -0.2) is 8.42 Å². The lowest BCUT2D eigenvalue weighted by Gasteiger charge is -2.03. The van der Waals surface area contributed by atoms with Crippen molar-refractivity contribution >= 4 is 27.6 Å². The highest BCUT2D eigenvalue weighted by molar-refractivity contribution is 7.92. The standard InChI is InChI=1S/C18H17NO3S/c1-23(21,22)19-17-13-11-16(12-14-17)18(20)10-6-5-9-15-7-3-2-4-8-15/h2-14,19H,1H3/b9-5+,10-6+. The van der Waals surface area contributed by atoms with E-state index < -0.39 is 10.0 Å². The molecular formula is C18H17NO3S. The molecule has 0 saturated carbocycles. The van der Waals surface area contributed by atoms with E-state index in [4.69, 9.17) is 0 Å². The van der Waals surface area contributed by atoms with Gasteiger partial charge in [-0.3, -0.25) is 9.52 Å². The molecule has 0 amide bonds. The summed E-state index contributed by atoms with van der Waals surface area (Å²) >= 11 is 0. The molecule has 0 aliphatic heterocycles. The second-order valence-corrected chi connectivity index (χ2v) is 6.69. The van der Waals surface area contributed by atoms with Crippen LogP contribution in [0.25, 0.3) is 6.08 Å². The Morgan fingerprint density at radius 1 is 0.957 bits per heavy atom. The van der Waals surface area contributed by atoms with Crippen molar-refractivity contribution in [3.05, 3.63) is 84.0 Å². The third-order valence-electron chi connectivity index (χ3n) is 2.92. The van der Waals surface area contributed by atoms with Crippen LogP contribution in [0.3, 0.4) is 0 Å². The number of hydrogen-bond donors (Lipinski definition) is 1. The van der Waals surface area contributed by atoms with Crippen LogP contribution >= 0.6 is 0 Å². The van der Waals surface area contributed by atoms with E-state index in [1.807, 2.05) is 36.4 Å². The second-order valence-electron chi connectivity index (χ2n) is 4.94. The first-order valence-electron chi connectivity index (χ1n) is 6.96. The molecule has 2 aromatic carbocycles. The fourth-order valence-corrected chi connectivity index (χ4v) is 2.45. The molecule has 0 aliphatic carbocycles. The zero-order valence-electron chi connectivity index (χ0n) is 12.6. The zero-order valence-corrected chi connectivity index (χ0v) is 13.5. The van der Waals surface area contributed by atoms with Crippen molar-refractivity contribution in [3.63, 3.8) is 0 Å². The molecule has 0 heterocycles. The van der Waals surface area contributed by atoms with E-state index in [9.17, 15) is 13.2 Å². The molecule has 0 aliphatic rings. The lowest BCUT2D eigenvalue weighted by atomic mass is 10.1. The first-order valence-corrected chi connectivity index (χ1v) is 8.85. The number of sulfonamides is 1. The third-order valence-corrected chi connectivity index (χ3v) is 3.53. The molecular weight excluding hydrogens is 310 g/mol. The van der Waals surface area contributed by atoms with E-state index >= 15 is 0 Å². The molecule has 0 bridgehead atoms. The molecule has 118 valence electrons. The highest BCUT2D eigenvalue weighted by Gasteiger charge is 2.04. The Labute approximate surface area is 136 Å². The number of hydrogen-bond acceptors (Lipinski definition) is 3. The number of carbonyl (C=O) groups excluding carboxylic acids is 1. The maximum Gasteiger partial charge on any atom is 0.229 e. The van der Waals surface area contributed by atoms with Gasteiger partial charge in [0.1, 0.15) is 0 Å². The van der Waals surface area contributed by atoms with Gasteiger partial charge in [-0.05, 0) is 35.9 Å². The van der Waals surface area contributed by atoms with Crippen molar-refractivity contribution in [2.45, 2.75) is 0 Å². The lowest BCUT2D eigenvalue weighted by molar-refractivity contribution is 0.104. The summed E-state index contributed by atoms with van der Waals surface area (Å²) in [5, 5.41) is 0. The summed E-state index contributed by atoms with van der Waals surface area (Å²) in [6.45, 7) is 0. The van der Waals surface area contributed by atoms with E-state index in [2.05, 4.69) is 4.72 Å². The minimum absolute atomic E-state index is 0.145. The maximum absolute atomic E-state index is 12.0. The molecule has 0 spiro atoms. The van der Waals surface area contributed by atoms with E-state index in [1.165, 1.54) is 6.08 Å². The monoisotopic (exact) mass is 327 g/mol. The van der Waals surface area contributed by atoms with E-state index in [0.29, 0.717) is 11.3 Å². The fourth-order valence-electron chi connectivity index (χ4n) is 1.89. The molecule has 5 heteroatoms. The highest BCUT2D eigenvalue weighted by Crippen LogP contribution is 2.11. The van der Waals surface area contributed by atoms with E-state index in [0.717, 1.165) is 11.8 Å². The summed E-state index contributed by atoms with van der Waals surface area (Å²) < 4.78 is 24.6. The van der Waals surface area contributed by atoms with Gasteiger partial charge in [-0.2, -0.15) is 0 Å². The Morgan fingerprint density at radius 2 is 1.61 bits per heavy atom. The average Bonchev–Trinajstić information content (AvgIpc) is 2.51. The summed E-state index contributed by atoms with van der Waals surface area (Å²) in [6.07, 6.45) is 7.93. The number of benzene rings is 2. The minimum Gasteiger partial charge on any atom is -0.289 e. The van der Waals surface area contributed by atoms with Gasteiger partial charge in [0, 0.05) is 11.3 Å². The number of anilines is 1. The number of nitrogens with one attached hydrogen (secondary N) is 1. The molecule has 2 aromatic rings. The van der Waals surface area contributed by atoms with Gasteiger partial charge in [-0.1, -0.05) is 48.6 Å². The van der Waals surface area contributed by atoms with Crippen LogP contribution < -0.4 is 4.72 Å². The normalized spacial score (nSPS) is 11.9. The summed E-state index contributed by atoms with van der Waals surface area (Å²) in [5.74, 6) is -0.145. The number of carbonyl (C=O) groups is 1. The van der Waals surface area contributed by atoms with Crippen LogP contribution in [0.1, 0.15) is 15.9 Å². The van der Waals surface area contributed by atoms with Crippen LogP contribution in [-0.4, -0.2) is 20.5 Å². The molecule has 0 saturated heterocycles. The summed E-state index contributed by atoms with van der Waals surface area (Å²) in [4.78, 5) is 12.0. The van der Waals surface area contributed by atoms with Crippen molar-refractivity contribution in [1.82, 2.24) is 0 Å². The van der Waals surface area contributed by atoms with Gasteiger partial charge in [0.2, 0.25) is 10.0 Å². The third kappa shape index (κ3) is 5.92. The average molecular weight is 327 g/mol. The van der Waals surface area contributed by atoms with Crippen LogP contribution in [0.15, 0.2) is 72.8 Å². The molecule has 0 atom stereocenters. The predicted octanol–water partition coefficient (Wildman–Crippen LogP) is 3.51. The van der Waals surface area contributed by atoms with Crippen molar-refractivity contribution in [1.29, 1.82) is 0 Å². The molecule has 0 radical (unpaired) electrons. The number of ketones is 1. The van der Waals surface area contributed by atoms with Gasteiger partial charge < -0.3 is 0 Å². The summed E-state index contributed by atoms with van der Waals surface area (Å²) in [6, 6.07) is 16.1. The Morgan fingerprint density at radius 3 is 2.22 bits per heavy atom. The lowest BCUT2D eigenvalue weighted by Crippen LogP contribution is -2.09. The van der Waals surface area contributed by atoms with Crippen LogP contribution in [0, 0.1) is 0 Å². The molecule has 23 heavy (non-hydrogen) atoms. The van der Waals surface area contributed by atoms with Crippen molar-refractivity contribution in [3.8, 4) is 0 Å². The van der Waals surface area contributed by atoms with Crippen LogP contribution in [0.2, 0.25) is 0 Å². The Hall–Kier alpha value is -2.66. The van der Waals surface area contributed by atoms with Crippen molar-refractivity contribution in [2.24, 2.45) is 0 Å². The van der Waals surface area contributed by atoms with E-state index in [-0.39, 0.29) is 5.78 Å². The minimum atomic E-state index is -3.31. The molecule has 4 nitrogen and oxygen atoms in total. The molecule has 0 fully saturated rings.